The van der Waals surface area contributed by atoms with Crippen molar-refractivity contribution >= 4 is 50.6 Å². The Morgan fingerprint density at radius 1 is 1.43 bits per heavy atom. The van der Waals surface area contributed by atoms with Gasteiger partial charge in [0.25, 0.3) is 0 Å². The van der Waals surface area contributed by atoms with E-state index in [2.05, 4.69) is 47.5 Å². The van der Waals surface area contributed by atoms with Crippen molar-refractivity contribution < 1.29 is 9.18 Å². The van der Waals surface area contributed by atoms with Crippen molar-refractivity contribution in [2.75, 3.05) is 5.32 Å². The quantitative estimate of drug-likeness (QED) is 0.466. The van der Waals surface area contributed by atoms with Crippen molar-refractivity contribution in [3.05, 3.63) is 56.7 Å². The van der Waals surface area contributed by atoms with Crippen LogP contribution in [0.25, 0.3) is 0 Å². The molecule has 1 saturated carbocycles. The number of rotatable bonds is 7. The number of thiophene rings is 1. The highest BCUT2D eigenvalue weighted by Crippen LogP contribution is 2.40. The fourth-order valence-corrected chi connectivity index (χ4v) is 4.79. The number of carbonyl (C=O) groups is 1. The Balaban J connectivity index is 1.47. The van der Waals surface area contributed by atoms with E-state index in [9.17, 15) is 9.18 Å². The van der Waals surface area contributed by atoms with Gasteiger partial charge in [0.1, 0.15) is 11.6 Å². The van der Waals surface area contributed by atoms with Crippen LogP contribution in [-0.2, 0) is 11.2 Å². The lowest BCUT2D eigenvalue weighted by atomic mass is 10.3. The lowest BCUT2D eigenvalue weighted by Crippen LogP contribution is -2.23. The second kappa shape index (κ2) is 8.34. The van der Waals surface area contributed by atoms with E-state index in [0.29, 0.717) is 10.5 Å². The normalized spacial score (nSPS) is 14.8. The number of amides is 1. The highest BCUT2D eigenvalue weighted by Gasteiger charge is 2.31. The highest BCUT2D eigenvalue weighted by atomic mass is 79.9. The van der Waals surface area contributed by atoms with Gasteiger partial charge in [0.05, 0.1) is 10.9 Å². The van der Waals surface area contributed by atoms with Crippen molar-refractivity contribution in [3.63, 3.8) is 0 Å². The number of anilines is 1. The number of hydrogen-bond acceptors (Lipinski definition) is 5. The minimum atomic E-state index is -0.473. The molecule has 5 nitrogen and oxygen atoms in total. The van der Waals surface area contributed by atoms with Gasteiger partial charge in [-0.25, -0.2) is 4.39 Å². The van der Waals surface area contributed by atoms with Crippen molar-refractivity contribution in [2.24, 2.45) is 0 Å². The van der Waals surface area contributed by atoms with Crippen molar-refractivity contribution in [2.45, 2.75) is 42.6 Å². The fraction of sp³-hybridized carbons (Fsp3) is 0.316. The Morgan fingerprint density at radius 3 is 2.93 bits per heavy atom. The molecular formula is C19H18BrFN4OS2. The van der Waals surface area contributed by atoms with Gasteiger partial charge in [-0.1, -0.05) is 33.8 Å². The molecular weight excluding hydrogens is 463 g/mol. The van der Waals surface area contributed by atoms with E-state index in [-0.39, 0.29) is 11.6 Å². The van der Waals surface area contributed by atoms with Crippen LogP contribution < -0.4 is 5.32 Å². The zero-order valence-electron chi connectivity index (χ0n) is 15.1. The van der Waals surface area contributed by atoms with E-state index in [1.165, 1.54) is 22.7 Å². The van der Waals surface area contributed by atoms with Crippen LogP contribution in [0.5, 0.6) is 0 Å². The molecule has 0 aliphatic heterocycles. The minimum Gasteiger partial charge on any atom is -0.323 e. The summed E-state index contributed by atoms with van der Waals surface area (Å²) >= 11 is 6.27. The number of nitrogens with one attached hydrogen (secondary N) is 1. The van der Waals surface area contributed by atoms with Crippen LogP contribution in [0.3, 0.4) is 0 Å². The molecule has 0 spiro atoms. The Kier molecular flexibility index (Phi) is 5.84. The second-order valence-corrected chi connectivity index (χ2v) is 9.89. The number of benzene rings is 1. The molecule has 4 rings (SSSR count). The maximum atomic E-state index is 14.0. The molecule has 0 bridgehead atoms. The summed E-state index contributed by atoms with van der Waals surface area (Å²) < 4.78 is 16.8. The van der Waals surface area contributed by atoms with Gasteiger partial charge in [0.2, 0.25) is 5.91 Å². The zero-order chi connectivity index (χ0) is 19.7. The minimum absolute atomic E-state index is 0.169. The summed E-state index contributed by atoms with van der Waals surface area (Å²) in [5.41, 5.74) is 0.169. The van der Waals surface area contributed by atoms with Gasteiger partial charge < -0.3 is 9.88 Å². The smallest absolute Gasteiger partial charge is 0.237 e. The predicted molar refractivity (Wildman–Crippen MR) is 113 cm³/mol. The van der Waals surface area contributed by atoms with Gasteiger partial charge in [-0.05, 0) is 49.4 Å². The average Bonchev–Trinajstić information content (AvgIpc) is 3.22. The van der Waals surface area contributed by atoms with Crippen LogP contribution in [0.4, 0.5) is 10.1 Å². The number of aromatic nitrogens is 3. The van der Waals surface area contributed by atoms with Crippen molar-refractivity contribution in [3.8, 4) is 0 Å². The molecule has 0 radical (unpaired) electrons. The lowest BCUT2D eigenvalue weighted by Gasteiger charge is -2.13. The summed E-state index contributed by atoms with van der Waals surface area (Å²) in [5, 5.41) is 13.7. The van der Waals surface area contributed by atoms with Crippen LogP contribution in [0.15, 0.2) is 45.3 Å². The molecule has 146 valence electrons. The van der Waals surface area contributed by atoms with Crippen LogP contribution in [-0.4, -0.2) is 25.9 Å². The molecule has 1 aliphatic rings. The molecule has 1 amide bonds. The number of carbonyl (C=O) groups excluding carboxylic acids is 1. The highest BCUT2D eigenvalue weighted by molar-refractivity contribution is 9.10. The van der Waals surface area contributed by atoms with E-state index in [4.69, 9.17) is 0 Å². The maximum Gasteiger partial charge on any atom is 0.237 e. The van der Waals surface area contributed by atoms with E-state index in [0.717, 1.165) is 30.2 Å². The third kappa shape index (κ3) is 4.47. The maximum absolute atomic E-state index is 14.0. The molecule has 9 heteroatoms. The second-order valence-electron chi connectivity index (χ2n) is 6.63. The number of halogens is 2. The van der Waals surface area contributed by atoms with Crippen LogP contribution in [0.2, 0.25) is 0 Å². The van der Waals surface area contributed by atoms with Gasteiger partial charge in [0.15, 0.2) is 5.16 Å². The van der Waals surface area contributed by atoms with Gasteiger partial charge in [-0.2, -0.15) is 0 Å². The monoisotopic (exact) mass is 480 g/mol. The van der Waals surface area contributed by atoms with Crippen molar-refractivity contribution in [1.82, 2.24) is 14.8 Å². The molecule has 1 fully saturated rings. The summed E-state index contributed by atoms with van der Waals surface area (Å²) in [5.74, 6) is 0.190. The first-order valence-electron chi connectivity index (χ1n) is 8.90. The third-order valence-electron chi connectivity index (χ3n) is 4.40. The van der Waals surface area contributed by atoms with Crippen LogP contribution >= 0.6 is 39.0 Å². The number of thioether (sulfide) groups is 1. The Bertz CT molecular complexity index is 988. The molecule has 2 aromatic heterocycles. The summed E-state index contributed by atoms with van der Waals surface area (Å²) in [6, 6.07) is 9.09. The van der Waals surface area contributed by atoms with Gasteiger partial charge in [0, 0.05) is 21.8 Å². The molecule has 1 N–H and O–H groups in total. The SMILES string of the molecule is CC(Sc1nnc(Cc2cccs2)n1C1CC1)C(=O)Nc1ccc(Br)cc1F. The topological polar surface area (TPSA) is 59.8 Å². The number of nitrogens with zero attached hydrogens (tertiary/aromatic N) is 3. The molecule has 2 heterocycles. The Hall–Kier alpha value is -1.71. The van der Waals surface area contributed by atoms with Gasteiger partial charge in [-0.3, -0.25) is 4.79 Å². The molecule has 1 unspecified atom stereocenters. The first kappa shape index (κ1) is 19.6. The molecule has 1 atom stereocenters. The lowest BCUT2D eigenvalue weighted by molar-refractivity contribution is -0.115. The average molecular weight is 481 g/mol. The molecule has 3 aromatic rings. The molecule has 28 heavy (non-hydrogen) atoms. The van der Waals surface area contributed by atoms with E-state index in [1.54, 1.807) is 30.4 Å². The predicted octanol–water partition coefficient (Wildman–Crippen LogP) is 5.29. The van der Waals surface area contributed by atoms with E-state index >= 15 is 0 Å². The molecule has 0 saturated heterocycles. The summed E-state index contributed by atoms with van der Waals surface area (Å²) in [4.78, 5) is 13.8. The van der Waals surface area contributed by atoms with E-state index < -0.39 is 11.1 Å². The third-order valence-corrected chi connectivity index (χ3v) is 6.83. The van der Waals surface area contributed by atoms with Gasteiger partial charge >= 0.3 is 0 Å². The van der Waals surface area contributed by atoms with Crippen LogP contribution in [0.1, 0.15) is 36.5 Å². The Labute approximate surface area is 178 Å². The molecule has 1 aliphatic carbocycles. The first-order chi connectivity index (χ1) is 13.5. The molecule has 1 aromatic carbocycles. The number of hydrogen-bond donors (Lipinski definition) is 1. The summed E-state index contributed by atoms with van der Waals surface area (Å²) in [6.07, 6.45) is 2.95. The zero-order valence-corrected chi connectivity index (χ0v) is 18.3. The van der Waals surface area contributed by atoms with E-state index in [1.807, 2.05) is 6.07 Å². The van der Waals surface area contributed by atoms with Gasteiger partial charge in [-0.15, -0.1) is 21.5 Å². The fourth-order valence-electron chi connectivity index (χ4n) is 2.81. The summed E-state index contributed by atoms with van der Waals surface area (Å²) in [7, 11) is 0. The van der Waals surface area contributed by atoms with Crippen molar-refractivity contribution in [1.29, 1.82) is 0 Å². The Morgan fingerprint density at radius 2 is 2.25 bits per heavy atom. The first-order valence-corrected chi connectivity index (χ1v) is 11.4. The summed E-state index contributed by atoms with van der Waals surface area (Å²) in [6.45, 7) is 1.79. The largest absolute Gasteiger partial charge is 0.323 e. The standard InChI is InChI=1S/C19H18BrFN4OS2/c1-11(18(26)22-16-7-4-12(20)9-15(16)21)28-19-24-23-17(25(19)13-5-6-13)10-14-3-2-8-27-14/h2-4,7-9,11,13H,5-6,10H2,1H3,(H,22,26). The van der Waals surface area contributed by atoms with Crippen LogP contribution in [0, 0.1) is 5.82 Å².